The predicted molar refractivity (Wildman–Crippen MR) is 79.2 cm³/mol. The monoisotopic (exact) mass is 306 g/mol. The maximum atomic E-state index is 12.5. The molecule has 1 aromatic carbocycles. The highest BCUT2D eigenvalue weighted by molar-refractivity contribution is 7.89. The smallest absolute Gasteiger partial charge is 0.276 e. The van der Waals surface area contributed by atoms with E-state index >= 15 is 0 Å². The van der Waals surface area contributed by atoms with Gasteiger partial charge < -0.3 is 10.2 Å². The maximum absolute atomic E-state index is 12.5. The van der Waals surface area contributed by atoms with Gasteiger partial charge in [-0.05, 0) is 30.2 Å². The molecule has 21 heavy (non-hydrogen) atoms. The van der Waals surface area contributed by atoms with E-state index in [4.69, 9.17) is 10.2 Å². The summed E-state index contributed by atoms with van der Waals surface area (Å²) in [5, 5.41) is -0.00742. The molecule has 0 radical (unpaired) electrons. The third kappa shape index (κ3) is 2.62. The van der Waals surface area contributed by atoms with Crippen LogP contribution in [-0.4, -0.2) is 32.4 Å². The molecule has 2 N–H and O–H groups in total. The first kappa shape index (κ1) is 14.3. The molecular formula is C15H18N2O3S. The fourth-order valence-corrected chi connectivity index (χ4v) is 4.31. The Labute approximate surface area is 124 Å². The van der Waals surface area contributed by atoms with E-state index in [1.54, 1.807) is 6.07 Å². The van der Waals surface area contributed by atoms with Crippen molar-refractivity contribution in [1.29, 1.82) is 0 Å². The zero-order chi connectivity index (χ0) is 14.9. The van der Waals surface area contributed by atoms with E-state index in [1.807, 2.05) is 30.3 Å². The highest BCUT2D eigenvalue weighted by Crippen LogP contribution is 2.35. The Bertz CT molecular complexity index is 683. The number of benzene rings is 1. The van der Waals surface area contributed by atoms with Crippen molar-refractivity contribution in [3.8, 4) is 0 Å². The van der Waals surface area contributed by atoms with Crippen molar-refractivity contribution >= 4 is 10.0 Å². The second-order valence-electron chi connectivity index (χ2n) is 5.27. The summed E-state index contributed by atoms with van der Waals surface area (Å²) >= 11 is 0. The van der Waals surface area contributed by atoms with E-state index in [2.05, 4.69) is 0 Å². The van der Waals surface area contributed by atoms with Crippen LogP contribution in [0, 0.1) is 5.92 Å². The Hall–Kier alpha value is -1.63. The van der Waals surface area contributed by atoms with Gasteiger partial charge in [0.15, 0.2) is 0 Å². The lowest BCUT2D eigenvalue weighted by Gasteiger charge is -2.16. The third-order valence-corrected chi connectivity index (χ3v) is 5.75. The van der Waals surface area contributed by atoms with Gasteiger partial charge in [0.2, 0.25) is 5.09 Å². The molecule has 2 heterocycles. The van der Waals surface area contributed by atoms with Crippen molar-refractivity contribution in [2.24, 2.45) is 11.7 Å². The first-order valence-corrected chi connectivity index (χ1v) is 8.35. The average molecular weight is 306 g/mol. The quantitative estimate of drug-likeness (QED) is 0.931. The van der Waals surface area contributed by atoms with E-state index in [0.717, 1.165) is 5.56 Å². The van der Waals surface area contributed by atoms with E-state index in [0.29, 0.717) is 19.6 Å². The lowest BCUT2D eigenvalue weighted by molar-refractivity contribution is 0.405. The van der Waals surface area contributed by atoms with Crippen LogP contribution in [0.25, 0.3) is 0 Å². The maximum Gasteiger partial charge on any atom is 0.276 e. The van der Waals surface area contributed by atoms with Crippen LogP contribution in [0.1, 0.15) is 11.5 Å². The molecule has 112 valence electrons. The highest BCUT2D eigenvalue weighted by Gasteiger charge is 2.40. The second kappa shape index (κ2) is 5.63. The van der Waals surface area contributed by atoms with Gasteiger partial charge in [-0.15, -0.1) is 0 Å². The topological polar surface area (TPSA) is 76.5 Å². The Kier molecular flexibility index (Phi) is 3.84. The minimum Gasteiger partial charge on any atom is -0.452 e. The van der Waals surface area contributed by atoms with Gasteiger partial charge in [0.1, 0.15) is 0 Å². The van der Waals surface area contributed by atoms with Gasteiger partial charge in [-0.3, -0.25) is 0 Å². The Morgan fingerprint density at radius 3 is 2.52 bits per heavy atom. The van der Waals surface area contributed by atoms with Gasteiger partial charge >= 0.3 is 0 Å². The molecule has 0 amide bonds. The Morgan fingerprint density at radius 1 is 1.14 bits per heavy atom. The summed E-state index contributed by atoms with van der Waals surface area (Å²) in [5.74, 6) is 0.248. The number of nitrogens with two attached hydrogens (primary N) is 1. The molecule has 2 atom stereocenters. The van der Waals surface area contributed by atoms with E-state index in [-0.39, 0.29) is 16.9 Å². The van der Waals surface area contributed by atoms with E-state index in [1.165, 1.54) is 16.6 Å². The van der Waals surface area contributed by atoms with Crippen LogP contribution in [0.4, 0.5) is 0 Å². The van der Waals surface area contributed by atoms with Crippen LogP contribution in [0.3, 0.4) is 0 Å². The van der Waals surface area contributed by atoms with Crippen LogP contribution in [0.2, 0.25) is 0 Å². The van der Waals surface area contributed by atoms with E-state index in [9.17, 15) is 8.42 Å². The molecule has 0 bridgehead atoms. The van der Waals surface area contributed by atoms with Crippen LogP contribution in [0.5, 0.6) is 0 Å². The molecule has 2 aromatic rings. The molecule has 6 heteroatoms. The first-order valence-electron chi connectivity index (χ1n) is 6.91. The number of sulfonamides is 1. The van der Waals surface area contributed by atoms with Crippen molar-refractivity contribution in [2.75, 3.05) is 19.6 Å². The largest absolute Gasteiger partial charge is 0.452 e. The summed E-state index contributed by atoms with van der Waals surface area (Å²) < 4.78 is 31.6. The number of rotatable bonds is 4. The van der Waals surface area contributed by atoms with Crippen molar-refractivity contribution in [3.05, 3.63) is 54.3 Å². The van der Waals surface area contributed by atoms with Crippen molar-refractivity contribution < 1.29 is 12.8 Å². The van der Waals surface area contributed by atoms with Crippen molar-refractivity contribution in [3.63, 3.8) is 0 Å². The van der Waals surface area contributed by atoms with E-state index < -0.39 is 10.0 Å². The number of nitrogens with zero attached hydrogens (tertiary/aromatic N) is 1. The van der Waals surface area contributed by atoms with Crippen LogP contribution in [0.15, 0.2) is 58.2 Å². The lowest BCUT2D eigenvalue weighted by Crippen LogP contribution is -2.29. The molecule has 1 saturated heterocycles. The predicted octanol–water partition coefficient (Wildman–Crippen LogP) is 1.64. The average Bonchev–Trinajstić information content (AvgIpc) is 3.18. The van der Waals surface area contributed by atoms with Crippen molar-refractivity contribution in [1.82, 2.24) is 4.31 Å². The van der Waals surface area contributed by atoms with Gasteiger partial charge in [-0.2, -0.15) is 4.31 Å². The summed E-state index contributed by atoms with van der Waals surface area (Å²) in [6, 6.07) is 13.0. The van der Waals surface area contributed by atoms with Gasteiger partial charge in [0.05, 0.1) is 6.26 Å². The minimum absolute atomic E-state index is 0.00742. The minimum atomic E-state index is -3.57. The van der Waals surface area contributed by atoms with Gasteiger partial charge in [0.25, 0.3) is 10.0 Å². The van der Waals surface area contributed by atoms with Crippen LogP contribution < -0.4 is 5.73 Å². The zero-order valence-corrected chi connectivity index (χ0v) is 12.4. The summed E-state index contributed by atoms with van der Waals surface area (Å²) in [5.41, 5.74) is 6.97. The highest BCUT2D eigenvalue weighted by atomic mass is 32.2. The fraction of sp³-hybridized carbons (Fsp3) is 0.333. The summed E-state index contributed by atoms with van der Waals surface area (Å²) in [6.45, 7) is 1.33. The molecular weight excluding hydrogens is 288 g/mol. The number of furan rings is 1. The molecule has 1 aromatic heterocycles. The van der Waals surface area contributed by atoms with Crippen LogP contribution >= 0.6 is 0 Å². The molecule has 1 fully saturated rings. The van der Waals surface area contributed by atoms with Crippen LogP contribution in [-0.2, 0) is 10.0 Å². The molecule has 1 aliphatic heterocycles. The Morgan fingerprint density at radius 2 is 1.90 bits per heavy atom. The molecule has 3 rings (SSSR count). The van der Waals surface area contributed by atoms with Gasteiger partial charge in [-0.25, -0.2) is 8.42 Å². The lowest BCUT2D eigenvalue weighted by atomic mass is 9.89. The standard InChI is InChI=1S/C15H18N2O3S/c16-9-13-10-17(21(18,19)15-7-4-8-20-15)11-14(13)12-5-2-1-3-6-12/h1-8,13-14H,9-11,16H2/t13-,14+/m1/s1. The molecule has 0 saturated carbocycles. The fourth-order valence-electron chi connectivity index (χ4n) is 2.88. The van der Waals surface area contributed by atoms with Crippen molar-refractivity contribution in [2.45, 2.75) is 11.0 Å². The summed E-state index contributed by atoms with van der Waals surface area (Å²) in [4.78, 5) is 0. The van der Waals surface area contributed by atoms with Gasteiger partial charge in [0, 0.05) is 19.0 Å². The SMILES string of the molecule is NC[C@@H]1CN(S(=O)(=O)c2ccco2)C[C@H]1c1ccccc1. The number of hydrogen-bond donors (Lipinski definition) is 1. The molecule has 0 aliphatic carbocycles. The molecule has 0 spiro atoms. The summed E-state index contributed by atoms with van der Waals surface area (Å²) in [6.07, 6.45) is 1.37. The third-order valence-electron chi connectivity index (χ3n) is 4.03. The number of hydrogen-bond acceptors (Lipinski definition) is 4. The summed E-state index contributed by atoms with van der Waals surface area (Å²) in [7, 11) is -3.57. The molecule has 0 unspecified atom stereocenters. The van der Waals surface area contributed by atoms with Gasteiger partial charge in [-0.1, -0.05) is 30.3 Å². The normalized spacial score (nSPS) is 23.5. The second-order valence-corrected chi connectivity index (χ2v) is 7.14. The first-order chi connectivity index (χ1) is 10.1. The zero-order valence-electron chi connectivity index (χ0n) is 11.6. The molecule has 5 nitrogen and oxygen atoms in total. The Balaban J connectivity index is 1.88. The molecule has 1 aliphatic rings.